The van der Waals surface area contributed by atoms with Crippen LogP contribution in [0.1, 0.15) is 16.7 Å². The number of nitrogens with zero attached hydrogens (tertiary/aromatic N) is 1. The van der Waals surface area contributed by atoms with Gasteiger partial charge in [-0.3, -0.25) is 14.5 Å². The summed E-state index contributed by atoms with van der Waals surface area (Å²) in [5.74, 6) is 0.517. The molecule has 1 fully saturated rings. The zero-order chi connectivity index (χ0) is 23.3. The van der Waals surface area contributed by atoms with Crippen LogP contribution in [0.4, 0.5) is 4.79 Å². The van der Waals surface area contributed by atoms with Gasteiger partial charge in [-0.2, -0.15) is 0 Å². The molecule has 0 bridgehead atoms. The molecule has 0 radical (unpaired) electrons. The number of fused-ring (bicyclic) bond motifs is 1. The molecule has 168 valence electrons. The zero-order valence-corrected chi connectivity index (χ0v) is 19.3. The minimum atomic E-state index is -0.234. The average Bonchev–Trinajstić information content (AvgIpc) is 3.14. The molecular formula is C29H23NO3S. The van der Waals surface area contributed by atoms with Crippen molar-refractivity contribution in [3.8, 4) is 5.75 Å². The standard InChI is InChI=1S/C29H23NO3S/c31-28-27(34-29(32)30(28)18-17-21-7-2-1-3-8-21)19-22-13-15-25(16-14-22)33-20-24-11-6-10-23-9-4-5-12-26(23)24/h1-16,19H,17-18,20H2/b27-19-. The zero-order valence-electron chi connectivity index (χ0n) is 18.5. The summed E-state index contributed by atoms with van der Waals surface area (Å²) in [6, 6.07) is 31.9. The molecule has 0 aromatic heterocycles. The maximum atomic E-state index is 12.8. The summed E-state index contributed by atoms with van der Waals surface area (Å²) in [7, 11) is 0. The number of hydrogen-bond donors (Lipinski definition) is 0. The molecule has 1 aliphatic rings. The van der Waals surface area contributed by atoms with Crippen molar-refractivity contribution in [3.05, 3.63) is 119 Å². The fraction of sp³-hybridized carbons (Fsp3) is 0.103. The monoisotopic (exact) mass is 465 g/mol. The number of thioether (sulfide) groups is 1. The second kappa shape index (κ2) is 9.98. The molecule has 1 aliphatic heterocycles. The Morgan fingerprint density at radius 3 is 2.35 bits per heavy atom. The molecule has 5 rings (SSSR count). The first-order chi connectivity index (χ1) is 16.7. The van der Waals surface area contributed by atoms with E-state index in [2.05, 4.69) is 24.3 Å². The van der Waals surface area contributed by atoms with Gasteiger partial charge in [-0.05, 0) is 63.9 Å². The summed E-state index contributed by atoms with van der Waals surface area (Å²) in [5, 5.41) is 2.16. The van der Waals surface area contributed by atoms with Crippen LogP contribution in [0.5, 0.6) is 5.75 Å². The van der Waals surface area contributed by atoms with Crippen LogP contribution in [-0.4, -0.2) is 22.6 Å². The summed E-state index contributed by atoms with van der Waals surface area (Å²) in [6.07, 6.45) is 2.41. The first-order valence-electron chi connectivity index (χ1n) is 11.2. The normalized spacial score (nSPS) is 14.8. The van der Waals surface area contributed by atoms with Crippen molar-refractivity contribution in [3.63, 3.8) is 0 Å². The summed E-state index contributed by atoms with van der Waals surface area (Å²) in [6.45, 7) is 0.855. The Bertz CT molecular complexity index is 1360. The molecule has 0 aliphatic carbocycles. The molecule has 0 saturated carbocycles. The maximum Gasteiger partial charge on any atom is 0.293 e. The Morgan fingerprint density at radius 1 is 0.794 bits per heavy atom. The van der Waals surface area contributed by atoms with E-state index < -0.39 is 0 Å². The van der Waals surface area contributed by atoms with Gasteiger partial charge in [-0.25, -0.2) is 0 Å². The van der Waals surface area contributed by atoms with Crippen molar-refractivity contribution < 1.29 is 14.3 Å². The number of hydrogen-bond acceptors (Lipinski definition) is 4. The summed E-state index contributed by atoms with van der Waals surface area (Å²) in [4.78, 5) is 26.9. The Labute approximate surface area is 202 Å². The average molecular weight is 466 g/mol. The van der Waals surface area contributed by atoms with Crippen molar-refractivity contribution in [2.45, 2.75) is 13.0 Å². The fourth-order valence-corrected chi connectivity index (χ4v) is 4.83. The molecule has 0 spiro atoms. The second-order valence-electron chi connectivity index (χ2n) is 8.06. The van der Waals surface area contributed by atoms with Gasteiger partial charge in [0.25, 0.3) is 11.1 Å². The molecule has 0 atom stereocenters. The molecule has 1 saturated heterocycles. The Balaban J connectivity index is 1.22. The van der Waals surface area contributed by atoms with Crippen LogP contribution in [-0.2, 0) is 17.8 Å². The molecule has 0 N–H and O–H groups in total. The minimum Gasteiger partial charge on any atom is -0.489 e. The quantitative estimate of drug-likeness (QED) is 0.285. The predicted octanol–water partition coefficient (Wildman–Crippen LogP) is 6.70. The molecule has 2 amide bonds. The van der Waals surface area contributed by atoms with E-state index in [1.165, 1.54) is 15.7 Å². The van der Waals surface area contributed by atoms with Gasteiger partial charge in [-0.1, -0.05) is 84.9 Å². The first kappa shape index (κ1) is 22.0. The van der Waals surface area contributed by atoms with E-state index in [0.717, 1.165) is 34.2 Å². The van der Waals surface area contributed by atoms with Crippen molar-refractivity contribution in [2.24, 2.45) is 0 Å². The van der Waals surface area contributed by atoms with Gasteiger partial charge in [-0.15, -0.1) is 0 Å². The Morgan fingerprint density at radius 2 is 1.53 bits per heavy atom. The predicted molar refractivity (Wildman–Crippen MR) is 138 cm³/mol. The number of ether oxygens (including phenoxy) is 1. The third-order valence-electron chi connectivity index (χ3n) is 5.79. The number of rotatable bonds is 7. The summed E-state index contributed by atoms with van der Waals surface area (Å²) < 4.78 is 6.00. The number of amides is 2. The van der Waals surface area contributed by atoms with Crippen LogP contribution < -0.4 is 4.74 Å². The Hall–Kier alpha value is -3.83. The molecular weight excluding hydrogens is 442 g/mol. The topological polar surface area (TPSA) is 46.6 Å². The SMILES string of the molecule is O=C1S/C(=C\c2ccc(OCc3cccc4ccccc34)cc2)C(=O)N1CCc1ccccc1. The van der Waals surface area contributed by atoms with Crippen molar-refractivity contribution in [1.29, 1.82) is 0 Å². The number of carbonyl (C=O) groups is 2. The Kier molecular flexibility index (Phi) is 6.45. The van der Waals surface area contributed by atoms with E-state index in [9.17, 15) is 9.59 Å². The summed E-state index contributed by atoms with van der Waals surface area (Å²) >= 11 is 0.992. The van der Waals surface area contributed by atoms with Gasteiger partial charge >= 0.3 is 0 Å². The largest absolute Gasteiger partial charge is 0.489 e. The second-order valence-corrected chi connectivity index (χ2v) is 9.06. The van der Waals surface area contributed by atoms with E-state index in [1.807, 2.05) is 72.8 Å². The molecule has 4 aromatic rings. The highest BCUT2D eigenvalue weighted by molar-refractivity contribution is 8.18. The lowest BCUT2D eigenvalue weighted by atomic mass is 10.1. The highest BCUT2D eigenvalue weighted by Gasteiger charge is 2.34. The fourth-order valence-electron chi connectivity index (χ4n) is 3.97. The van der Waals surface area contributed by atoms with Crippen LogP contribution in [0.15, 0.2) is 102 Å². The van der Waals surface area contributed by atoms with Crippen LogP contribution in [0, 0.1) is 0 Å². The minimum absolute atomic E-state index is 0.220. The third-order valence-corrected chi connectivity index (χ3v) is 6.70. The molecule has 4 nitrogen and oxygen atoms in total. The van der Waals surface area contributed by atoms with Gasteiger partial charge < -0.3 is 4.74 Å². The van der Waals surface area contributed by atoms with Crippen LogP contribution >= 0.6 is 11.8 Å². The molecule has 34 heavy (non-hydrogen) atoms. The van der Waals surface area contributed by atoms with E-state index >= 15 is 0 Å². The number of imide groups is 1. The van der Waals surface area contributed by atoms with Gasteiger partial charge in [0.1, 0.15) is 12.4 Å². The number of carbonyl (C=O) groups excluding carboxylic acids is 2. The summed E-state index contributed by atoms with van der Waals surface area (Å²) in [5.41, 5.74) is 3.09. The number of benzene rings is 4. The van der Waals surface area contributed by atoms with Crippen molar-refractivity contribution >= 4 is 39.8 Å². The van der Waals surface area contributed by atoms with Gasteiger partial charge in [0, 0.05) is 6.54 Å². The smallest absolute Gasteiger partial charge is 0.293 e. The van der Waals surface area contributed by atoms with Gasteiger partial charge in [0.2, 0.25) is 0 Å². The van der Waals surface area contributed by atoms with Crippen molar-refractivity contribution in [2.75, 3.05) is 6.54 Å². The van der Waals surface area contributed by atoms with Crippen molar-refractivity contribution in [1.82, 2.24) is 4.90 Å². The maximum absolute atomic E-state index is 12.8. The lowest BCUT2D eigenvalue weighted by Crippen LogP contribution is -2.30. The highest BCUT2D eigenvalue weighted by Crippen LogP contribution is 2.32. The first-order valence-corrected chi connectivity index (χ1v) is 12.0. The molecule has 5 heteroatoms. The molecule has 0 unspecified atom stereocenters. The van der Waals surface area contributed by atoms with Gasteiger partial charge in [0.05, 0.1) is 4.91 Å². The van der Waals surface area contributed by atoms with Crippen LogP contribution in [0.25, 0.3) is 16.8 Å². The van der Waals surface area contributed by atoms with E-state index in [0.29, 0.717) is 24.5 Å². The van der Waals surface area contributed by atoms with E-state index in [4.69, 9.17) is 4.74 Å². The lowest BCUT2D eigenvalue weighted by Gasteiger charge is -2.12. The lowest BCUT2D eigenvalue weighted by molar-refractivity contribution is -0.122. The van der Waals surface area contributed by atoms with E-state index in [-0.39, 0.29) is 11.1 Å². The molecule has 4 aromatic carbocycles. The third kappa shape index (κ3) is 4.90. The van der Waals surface area contributed by atoms with Gasteiger partial charge in [0.15, 0.2) is 0 Å². The van der Waals surface area contributed by atoms with Crippen LogP contribution in [0.3, 0.4) is 0 Å². The van der Waals surface area contributed by atoms with Crippen LogP contribution in [0.2, 0.25) is 0 Å². The highest BCUT2D eigenvalue weighted by atomic mass is 32.2. The molecule has 1 heterocycles. The van der Waals surface area contributed by atoms with E-state index in [1.54, 1.807) is 6.08 Å².